The molecule has 0 bridgehead atoms. The Morgan fingerprint density at radius 1 is 1.39 bits per heavy atom. The average molecular weight is 243 g/mol. The second-order valence-corrected chi connectivity index (χ2v) is 5.21. The summed E-state index contributed by atoms with van der Waals surface area (Å²) in [6, 6.07) is 8.16. The van der Waals surface area contributed by atoms with E-state index in [4.69, 9.17) is 11.0 Å². The number of aryl methyl sites for hydroxylation is 1. The smallest absolute Gasteiger partial charge is 0.0991 e. The van der Waals surface area contributed by atoms with Crippen LogP contribution in [-0.4, -0.2) is 24.5 Å². The van der Waals surface area contributed by atoms with Crippen molar-refractivity contribution in [1.82, 2.24) is 4.90 Å². The van der Waals surface area contributed by atoms with E-state index in [0.717, 1.165) is 31.7 Å². The maximum absolute atomic E-state index is 8.86. The van der Waals surface area contributed by atoms with E-state index in [9.17, 15) is 0 Å². The minimum Gasteiger partial charge on any atom is -0.330 e. The molecule has 0 amide bonds. The zero-order chi connectivity index (χ0) is 13.0. The molecule has 0 spiro atoms. The third kappa shape index (κ3) is 3.10. The van der Waals surface area contributed by atoms with E-state index in [1.54, 1.807) is 0 Å². The molecule has 1 aliphatic rings. The first-order valence-electron chi connectivity index (χ1n) is 6.65. The number of likely N-dealkylation sites (tertiary alicyclic amines) is 1. The van der Waals surface area contributed by atoms with Gasteiger partial charge >= 0.3 is 0 Å². The fraction of sp³-hybridized carbons (Fsp3) is 0.533. The van der Waals surface area contributed by atoms with Crippen LogP contribution in [0.2, 0.25) is 0 Å². The van der Waals surface area contributed by atoms with E-state index in [0.29, 0.717) is 5.92 Å². The van der Waals surface area contributed by atoms with Gasteiger partial charge in [0, 0.05) is 6.54 Å². The van der Waals surface area contributed by atoms with Crippen LogP contribution in [0.15, 0.2) is 18.2 Å². The number of nitrogens with zero attached hydrogens (tertiary/aromatic N) is 2. The van der Waals surface area contributed by atoms with Crippen LogP contribution < -0.4 is 5.73 Å². The van der Waals surface area contributed by atoms with Crippen molar-refractivity contribution in [2.45, 2.75) is 26.3 Å². The summed E-state index contributed by atoms with van der Waals surface area (Å²) in [5.41, 5.74) is 9.01. The molecule has 0 unspecified atom stereocenters. The first-order valence-corrected chi connectivity index (χ1v) is 6.65. The maximum atomic E-state index is 8.86. The molecule has 1 aliphatic heterocycles. The van der Waals surface area contributed by atoms with Crippen LogP contribution in [0.4, 0.5) is 0 Å². The molecule has 1 saturated heterocycles. The SMILES string of the molecule is Cc1cc(C#N)ccc1CN1CCC(CN)CC1. The van der Waals surface area contributed by atoms with Crippen molar-refractivity contribution in [3.63, 3.8) is 0 Å². The Morgan fingerprint density at radius 2 is 2.11 bits per heavy atom. The minimum absolute atomic E-state index is 0.711. The molecule has 3 heteroatoms. The predicted molar refractivity (Wildman–Crippen MR) is 72.9 cm³/mol. The van der Waals surface area contributed by atoms with Crippen molar-refractivity contribution in [2.75, 3.05) is 19.6 Å². The molecular formula is C15H21N3. The van der Waals surface area contributed by atoms with E-state index in [2.05, 4.69) is 24.0 Å². The standard InChI is InChI=1S/C15H21N3/c1-12-8-14(10-17)2-3-15(12)11-18-6-4-13(9-16)5-7-18/h2-3,8,13H,4-7,9,11,16H2,1H3. The van der Waals surface area contributed by atoms with E-state index in [-0.39, 0.29) is 0 Å². The Morgan fingerprint density at radius 3 is 2.67 bits per heavy atom. The Labute approximate surface area is 109 Å². The highest BCUT2D eigenvalue weighted by Crippen LogP contribution is 2.19. The first-order chi connectivity index (χ1) is 8.72. The van der Waals surface area contributed by atoms with Crippen LogP contribution in [0.3, 0.4) is 0 Å². The van der Waals surface area contributed by atoms with Crippen LogP contribution in [0.25, 0.3) is 0 Å². The molecular weight excluding hydrogens is 222 g/mol. The molecule has 1 heterocycles. The number of rotatable bonds is 3. The lowest BCUT2D eigenvalue weighted by molar-refractivity contribution is 0.180. The number of nitriles is 1. The third-order valence-corrected chi connectivity index (χ3v) is 3.91. The molecule has 1 fully saturated rings. The molecule has 0 radical (unpaired) electrons. The molecule has 2 N–H and O–H groups in total. The summed E-state index contributed by atoms with van der Waals surface area (Å²) in [7, 11) is 0. The van der Waals surface area contributed by atoms with Crippen LogP contribution in [0.5, 0.6) is 0 Å². The zero-order valence-electron chi connectivity index (χ0n) is 11.0. The summed E-state index contributed by atoms with van der Waals surface area (Å²) in [5, 5.41) is 8.86. The van der Waals surface area contributed by atoms with Gasteiger partial charge in [0.1, 0.15) is 0 Å². The van der Waals surface area contributed by atoms with E-state index in [1.165, 1.54) is 24.0 Å². The van der Waals surface area contributed by atoms with Gasteiger partial charge in [-0.3, -0.25) is 4.90 Å². The minimum atomic E-state index is 0.711. The Balaban J connectivity index is 1.96. The highest BCUT2D eigenvalue weighted by atomic mass is 15.1. The normalized spacial score (nSPS) is 17.6. The largest absolute Gasteiger partial charge is 0.330 e. The Kier molecular flexibility index (Phi) is 4.35. The number of nitrogens with two attached hydrogens (primary N) is 1. The molecule has 0 saturated carbocycles. The molecule has 0 aromatic heterocycles. The lowest BCUT2D eigenvalue weighted by Gasteiger charge is -2.31. The van der Waals surface area contributed by atoms with Gasteiger partial charge in [-0.05, 0) is 68.6 Å². The van der Waals surface area contributed by atoms with Gasteiger partial charge in [-0.1, -0.05) is 6.07 Å². The number of hydrogen-bond donors (Lipinski definition) is 1. The van der Waals surface area contributed by atoms with Crippen molar-refractivity contribution in [3.8, 4) is 6.07 Å². The Bertz CT molecular complexity index is 440. The lowest BCUT2D eigenvalue weighted by Crippen LogP contribution is -2.35. The summed E-state index contributed by atoms with van der Waals surface area (Å²) in [6.07, 6.45) is 2.43. The predicted octanol–water partition coefficient (Wildman–Crippen LogP) is 2.04. The molecule has 0 aliphatic carbocycles. The van der Waals surface area contributed by atoms with Crippen molar-refractivity contribution in [3.05, 3.63) is 34.9 Å². The van der Waals surface area contributed by atoms with E-state index < -0.39 is 0 Å². The zero-order valence-corrected chi connectivity index (χ0v) is 11.0. The highest BCUT2D eigenvalue weighted by molar-refractivity contribution is 5.37. The number of benzene rings is 1. The van der Waals surface area contributed by atoms with Crippen LogP contribution in [0.1, 0.15) is 29.5 Å². The van der Waals surface area contributed by atoms with Crippen LogP contribution in [0, 0.1) is 24.2 Å². The van der Waals surface area contributed by atoms with Gasteiger partial charge in [0.2, 0.25) is 0 Å². The van der Waals surface area contributed by atoms with Crippen molar-refractivity contribution in [1.29, 1.82) is 5.26 Å². The molecule has 1 aromatic carbocycles. The molecule has 96 valence electrons. The summed E-state index contributed by atoms with van der Waals surface area (Å²) in [6.45, 7) is 6.18. The summed E-state index contributed by atoms with van der Waals surface area (Å²) in [5.74, 6) is 0.711. The lowest BCUT2D eigenvalue weighted by atomic mass is 9.96. The first kappa shape index (κ1) is 13.1. The number of hydrogen-bond acceptors (Lipinski definition) is 3. The van der Waals surface area contributed by atoms with Crippen LogP contribution in [-0.2, 0) is 6.54 Å². The van der Waals surface area contributed by atoms with Gasteiger partial charge in [0.15, 0.2) is 0 Å². The summed E-state index contributed by atoms with van der Waals surface area (Å²) < 4.78 is 0. The molecule has 3 nitrogen and oxygen atoms in total. The van der Waals surface area contributed by atoms with Gasteiger partial charge in [-0.15, -0.1) is 0 Å². The topological polar surface area (TPSA) is 53.0 Å². The van der Waals surface area contributed by atoms with Gasteiger partial charge in [-0.25, -0.2) is 0 Å². The summed E-state index contributed by atoms with van der Waals surface area (Å²) >= 11 is 0. The fourth-order valence-electron chi connectivity index (χ4n) is 2.56. The molecule has 1 aromatic rings. The maximum Gasteiger partial charge on any atom is 0.0991 e. The van der Waals surface area contributed by atoms with Gasteiger partial charge in [0.25, 0.3) is 0 Å². The highest BCUT2D eigenvalue weighted by Gasteiger charge is 2.18. The number of piperidine rings is 1. The molecule has 2 rings (SSSR count). The van der Waals surface area contributed by atoms with Crippen molar-refractivity contribution < 1.29 is 0 Å². The van der Waals surface area contributed by atoms with Crippen LogP contribution >= 0.6 is 0 Å². The monoisotopic (exact) mass is 243 g/mol. The summed E-state index contributed by atoms with van der Waals surface area (Å²) in [4.78, 5) is 2.49. The third-order valence-electron chi connectivity index (χ3n) is 3.91. The average Bonchev–Trinajstić information content (AvgIpc) is 2.42. The Hall–Kier alpha value is -1.37. The van der Waals surface area contributed by atoms with Gasteiger partial charge in [0.05, 0.1) is 11.6 Å². The second kappa shape index (κ2) is 5.99. The molecule has 18 heavy (non-hydrogen) atoms. The van der Waals surface area contributed by atoms with Gasteiger partial charge < -0.3 is 5.73 Å². The quantitative estimate of drug-likeness (QED) is 0.884. The molecule has 0 atom stereocenters. The van der Waals surface area contributed by atoms with Crippen molar-refractivity contribution in [2.24, 2.45) is 11.7 Å². The van der Waals surface area contributed by atoms with E-state index in [1.807, 2.05) is 12.1 Å². The van der Waals surface area contributed by atoms with Gasteiger partial charge in [-0.2, -0.15) is 5.26 Å². The fourth-order valence-corrected chi connectivity index (χ4v) is 2.56. The van der Waals surface area contributed by atoms with Crippen molar-refractivity contribution >= 4 is 0 Å². The van der Waals surface area contributed by atoms with E-state index >= 15 is 0 Å². The second-order valence-electron chi connectivity index (χ2n) is 5.21.